The number of alkyl halides is 3. The zero-order valence-electron chi connectivity index (χ0n) is 15.5. The molecule has 0 spiro atoms. The first-order valence-corrected chi connectivity index (χ1v) is 9.13. The fourth-order valence-electron chi connectivity index (χ4n) is 3.30. The summed E-state index contributed by atoms with van der Waals surface area (Å²) in [5.41, 5.74) is 0. The first kappa shape index (κ1) is 19.3. The molecule has 1 N–H and O–H groups in total. The van der Waals surface area contributed by atoms with Crippen LogP contribution >= 0.6 is 0 Å². The standard InChI is InChI=1S/C18H19F3N4O4/c1-10(29-12-3-4-13-14(6-12)28-9-27-13)17(26)22-7-16-24-23-15-5-2-11(8-25(15)16)18(19,20)21/h3-4,6,10-11H,2,5,7-9H2,1H3,(H,22,26)/t10-,11+/m0/s1. The van der Waals surface area contributed by atoms with E-state index in [0.29, 0.717) is 23.1 Å². The second-order valence-corrected chi connectivity index (χ2v) is 6.91. The number of aromatic nitrogens is 3. The van der Waals surface area contributed by atoms with Crippen LogP contribution in [0.15, 0.2) is 18.2 Å². The highest BCUT2D eigenvalue weighted by Crippen LogP contribution is 2.36. The molecule has 29 heavy (non-hydrogen) atoms. The number of aryl methyl sites for hydroxylation is 1. The highest BCUT2D eigenvalue weighted by molar-refractivity contribution is 5.80. The van der Waals surface area contributed by atoms with E-state index in [9.17, 15) is 18.0 Å². The van der Waals surface area contributed by atoms with E-state index in [1.54, 1.807) is 25.1 Å². The molecule has 11 heteroatoms. The van der Waals surface area contributed by atoms with Crippen molar-refractivity contribution in [2.75, 3.05) is 6.79 Å². The van der Waals surface area contributed by atoms with Crippen LogP contribution in [0.3, 0.4) is 0 Å². The molecule has 1 amide bonds. The third-order valence-electron chi connectivity index (χ3n) is 4.93. The number of nitrogens with zero attached hydrogens (tertiary/aromatic N) is 3. The van der Waals surface area contributed by atoms with Crippen molar-refractivity contribution in [1.29, 1.82) is 0 Å². The number of nitrogens with one attached hydrogen (secondary N) is 1. The van der Waals surface area contributed by atoms with Crippen LogP contribution in [0.2, 0.25) is 0 Å². The van der Waals surface area contributed by atoms with Crippen molar-refractivity contribution in [1.82, 2.24) is 20.1 Å². The minimum absolute atomic E-state index is 0.00556. The van der Waals surface area contributed by atoms with Gasteiger partial charge in [-0.25, -0.2) is 0 Å². The number of fused-ring (bicyclic) bond motifs is 2. The van der Waals surface area contributed by atoms with Crippen molar-refractivity contribution < 1.29 is 32.2 Å². The van der Waals surface area contributed by atoms with Gasteiger partial charge >= 0.3 is 6.18 Å². The van der Waals surface area contributed by atoms with E-state index in [2.05, 4.69) is 15.5 Å². The van der Waals surface area contributed by atoms with E-state index in [1.807, 2.05) is 0 Å². The van der Waals surface area contributed by atoms with E-state index in [0.717, 1.165) is 0 Å². The van der Waals surface area contributed by atoms with E-state index in [-0.39, 0.29) is 38.5 Å². The molecule has 0 radical (unpaired) electrons. The maximum absolute atomic E-state index is 13.0. The highest BCUT2D eigenvalue weighted by atomic mass is 19.4. The van der Waals surface area contributed by atoms with Gasteiger partial charge in [-0.3, -0.25) is 4.79 Å². The summed E-state index contributed by atoms with van der Waals surface area (Å²) in [4.78, 5) is 12.3. The Labute approximate surface area is 164 Å². The van der Waals surface area contributed by atoms with E-state index >= 15 is 0 Å². The zero-order chi connectivity index (χ0) is 20.6. The van der Waals surface area contributed by atoms with Gasteiger partial charge in [0.25, 0.3) is 5.91 Å². The molecule has 2 atom stereocenters. The predicted octanol–water partition coefficient (Wildman–Crippen LogP) is 2.22. The minimum atomic E-state index is -4.27. The molecule has 2 aliphatic rings. The Hall–Kier alpha value is -2.98. The average molecular weight is 412 g/mol. The number of hydrogen-bond donors (Lipinski definition) is 1. The number of ether oxygens (including phenoxy) is 3. The van der Waals surface area contributed by atoms with E-state index in [1.165, 1.54) is 4.57 Å². The normalized spacial score (nSPS) is 18.8. The Morgan fingerprint density at radius 3 is 2.93 bits per heavy atom. The predicted molar refractivity (Wildman–Crippen MR) is 92.4 cm³/mol. The number of hydrogen-bond acceptors (Lipinski definition) is 6. The summed E-state index contributed by atoms with van der Waals surface area (Å²) < 4.78 is 56.6. The molecule has 0 saturated carbocycles. The molecule has 8 nitrogen and oxygen atoms in total. The lowest BCUT2D eigenvalue weighted by atomic mass is 9.99. The molecule has 156 valence electrons. The third kappa shape index (κ3) is 4.08. The third-order valence-corrected chi connectivity index (χ3v) is 4.93. The number of rotatable bonds is 5. The lowest BCUT2D eigenvalue weighted by Crippen LogP contribution is -2.37. The average Bonchev–Trinajstić information content (AvgIpc) is 3.31. The number of halogens is 3. The molecule has 2 aromatic rings. The second-order valence-electron chi connectivity index (χ2n) is 6.91. The number of carbonyl (C=O) groups excluding carboxylic acids is 1. The van der Waals surface area contributed by atoms with Crippen LogP contribution in [0, 0.1) is 5.92 Å². The molecule has 0 saturated heterocycles. The summed E-state index contributed by atoms with van der Waals surface area (Å²) in [5, 5.41) is 10.5. The smallest absolute Gasteiger partial charge is 0.393 e. The Morgan fingerprint density at radius 1 is 1.34 bits per heavy atom. The van der Waals surface area contributed by atoms with Crippen molar-refractivity contribution in [3.05, 3.63) is 29.8 Å². The number of carbonyl (C=O) groups is 1. The molecule has 0 unspecified atom stereocenters. The molecule has 1 aromatic heterocycles. The summed E-state index contributed by atoms with van der Waals surface area (Å²) in [6, 6.07) is 4.96. The van der Waals surface area contributed by atoms with E-state index < -0.39 is 24.1 Å². The molecule has 4 rings (SSSR count). The van der Waals surface area contributed by atoms with Crippen molar-refractivity contribution in [3.8, 4) is 17.2 Å². The molecule has 2 aliphatic heterocycles. The summed E-state index contributed by atoms with van der Waals surface area (Å²) in [7, 11) is 0. The number of benzene rings is 1. The molecule has 0 aliphatic carbocycles. The van der Waals surface area contributed by atoms with Crippen LogP contribution in [0.4, 0.5) is 13.2 Å². The fourth-order valence-corrected chi connectivity index (χ4v) is 3.30. The van der Waals surface area contributed by atoms with Gasteiger partial charge < -0.3 is 24.1 Å². The van der Waals surface area contributed by atoms with E-state index in [4.69, 9.17) is 14.2 Å². The van der Waals surface area contributed by atoms with Crippen LogP contribution in [0.5, 0.6) is 17.2 Å². The van der Waals surface area contributed by atoms with Gasteiger partial charge in [0.05, 0.1) is 12.5 Å². The van der Waals surface area contributed by atoms with Gasteiger partial charge in [0, 0.05) is 19.0 Å². The van der Waals surface area contributed by atoms with Crippen molar-refractivity contribution in [3.63, 3.8) is 0 Å². The Morgan fingerprint density at radius 2 is 2.14 bits per heavy atom. The second kappa shape index (κ2) is 7.45. The molecular formula is C18H19F3N4O4. The first-order valence-electron chi connectivity index (χ1n) is 9.13. The lowest BCUT2D eigenvalue weighted by Gasteiger charge is -2.26. The maximum atomic E-state index is 13.0. The molecule has 0 bridgehead atoms. The van der Waals surface area contributed by atoms with Gasteiger partial charge in [0.1, 0.15) is 11.6 Å². The summed E-state index contributed by atoms with van der Waals surface area (Å²) in [5.74, 6) is 0.492. The quantitative estimate of drug-likeness (QED) is 0.810. The highest BCUT2D eigenvalue weighted by Gasteiger charge is 2.42. The molecular weight excluding hydrogens is 393 g/mol. The van der Waals surface area contributed by atoms with Gasteiger partial charge in [-0.05, 0) is 25.5 Å². The van der Waals surface area contributed by atoms with Crippen LogP contribution < -0.4 is 19.5 Å². The van der Waals surface area contributed by atoms with Gasteiger partial charge in [0.15, 0.2) is 23.4 Å². The lowest BCUT2D eigenvalue weighted by molar-refractivity contribution is -0.182. The van der Waals surface area contributed by atoms with Gasteiger partial charge in [0.2, 0.25) is 6.79 Å². The monoisotopic (exact) mass is 412 g/mol. The van der Waals surface area contributed by atoms with Gasteiger partial charge in [-0.2, -0.15) is 13.2 Å². The van der Waals surface area contributed by atoms with Crippen LogP contribution in [-0.4, -0.2) is 39.7 Å². The molecule has 3 heterocycles. The SMILES string of the molecule is C[C@H](Oc1ccc2c(c1)OCO2)C(=O)NCc1nnc2n1C[C@H](C(F)(F)F)CC2. The van der Waals surface area contributed by atoms with Crippen molar-refractivity contribution >= 4 is 5.91 Å². The zero-order valence-corrected chi connectivity index (χ0v) is 15.5. The van der Waals surface area contributed by atoms with Gasteiger partial charge in [-0.1, -0.05) is 0 Å². The number of amides is 1. The summed E-state index contributed by atoms with van der Waals surface area (Å²) in [6.07, 6.45) is -4.90. The molecule has 1 aromatic carbocycles. The summed E-state index contributed by atoms with van der Waals surface area (Å²) in [6.45, 7) is 1.43. The molecule has 0 fully saturated rings. The Balaban J connectivity index is 1.35. The maximum Gasteiger partial charge on any atom is 0.393 e. The van der Waals surface area contributed by atoms with Crippen LogP contribution in [0.1, 0.15) is 25.0 Å². The largest absolute Gasteiger partial charge is 0.481 e. The van der Waals surface area contributed by atoms with Crippen molar-refractivity contribution in [2.45, 2.75) is 45.1 Å². The topological polar surface area (TPSA) is 87.5 Å². The minimum Gasteiger partial charge on any atom is -0.481 e. The van der Waals surface area contributed by atoms with Gasteiger partial charge in [-0.15, -0.1) is 10.2 Å². The van der Waals surface area contributed by atoms with Crippen LogP contribution in [-0.2, 0) is 24.3 Å². The first-order chi connectivity index (χ1) is 13.8. The van der Waals surface area contributed by atoms with Crippen LogP contribution in [0.25, 0.3) is 0 Å². The van der Waals surface area contributed by atoms with Crippen molar-refractivity contribution in [2.24, 2.45) is 5.92 Å². The fraction of sp³-hybridized carbons (Fsp3) is 0.500. The summed E-state index contributed by atoms with van der Waals surface area (Å²) >= 11 is 0. The Bertz CT molecular complexity index is 915. The Kier molecular flexibility index (Phi) is 4.97.